The number of rotatable bonds is 7. The zero-order valence-corrected chi connectivity index (χ0v) is 17.7. The second-order valence-corrected chi connectivity index (χ2v) is 7.30. The quantitative estimate of drug-likeness (QED) is 0.210. The van der Waals surface area contributed by atoms with Crippen molar-refractivity contribution in [1.29, 1.82) is 5.26 Å². The summed E-state index contributed by atoms with van der Waals surface area (Å²) in [5.41, 5.74) is 1.67. The van der Waals surface area contributed by atoms with Crippen LogP contribution in [-0.4, -0.2) is 10.8 Å². The molecule has 0 heterocycles. The van der Waals surface area contributed by atoms with E-state index in [2.05, 4.69) is 21.2 Å². The molecule has 1 N–H and O–H groups in total. The van der Waals surface area contributed by atoms with E-state index in [0.29, 0.717) is 23.6 Å². The molecule has 7 nitrogen and oxygen atoms in total. The van der Waals surface area contributed by atoms with Crippen LogP contribution in [0.25, 0.3) is 6.08 Å². The van der Waals surface area contributed by atoms with Gasteiger partial charge in [0.15, 0.2) is 0 Å². The van der Waals surface area contributed by atoms with E-state index in [0.717, 1.165) is 10.0 Å². The molecule has 0 aliphatic heterocycles. The van der Waals surface area contributed by atoms with Gasteiger partial charge in [0, 0.05) is 27.9 Å². The maximum absolute atomic E-state index is 12.5. The molecule has 1 amide bonds. The van der Waals surface area contributed by atoms with Crippen LogP contribution in [0.1, 0.15) is 11.1 Å². The number of carbonyl (C=O) groups is 1. The second kappa shape index (κ2) is 10.2. The summed E-state index contributed by atoms with van der Waals surface area (Å²) in [6, 6.07) is 22.0. The van der Waals surface area contributed by atoms with E-state index in [4.69, 9.17) is 4.74 Å². The summed E-state index contributed by atoms with van der Waals surface area (Å²) in [4.78, 5) is 22.7. The zero-order valence-electron chi connectivity index (χ0n) is 16.1. The summed E-state index contributed by atoms with van der Waals surface area (Å²) in [6.45, 7) is 0.328. The van der Waals surface area contributed by atoms with Crippen LogP contribution in [0, 0.1) is 21.4 Å². The van der Waals surface area contributed by atoms with Crippen molar-refractivity contribution >= 4 is 39.3 Å². The van der Waals surface area contributed by atoms with Crippen molar-refractivity contribution in [1.82, 2.24) is 0 Å². The van der Waals surface area contributed by atoms with Gasteiger partial charge in [-0.2, -0.15) is 5.26 Å². The molecule has 0 saturated carbocycles. The highest BCUT2D eigenvalue weighted by Crippen LogP contribution is 2.23. The molecule has 8 heteroatoms. The summed E-state index contributed by atoms with van der Waals surface area (Å²) in [5, 5.41) is 22.8. The lowest BCUT2D eigenvalue weighted by Gasteiger charge is -2.10. The first kappa shape index (κ1) is 21.7. The minimum atomic E-state index is -0.626. The Morgan fingerprint density at radius 3 is 2.42 bits per heavy atom. The summed E-state index contributed by atoms with van der Waals surface area (Å²) < 4.78 is 6.85. The van der Waals surface area contributed by atoms with Gasteiger partial charge in [-0.15, -0.1) is 0 Å². The topological polar surface area (TPSA) is 105 Å². The number of carbonyl (C=O) groups excluding carboxylic acids is 1. The van der Waals surface area contributed by atoms with Crippen LogP contribution in [0.15, 0.2) is 82.8 Å². The molecule has 0 aliphatic rings. The fraction of sp³-hybridized carbons (Fsp3) is 0.0435. The lowest BCUT2D eigenvalue weighted by atomic mass is 10.1. The molecule has 0 radical (unpaired) electrons. The van der Waals surface area contributed by atoms with Gasteiger partial charge < -0.3 is 10.1 Å². The summed E-state index contributed by atoms with van der Waals surface area (Å²) >= 11 is 3.39. The normalized spacial score (nSPS) is 10.8. The molecule has 0 spiro atoms. The fourth-order valence-electron chi connectivity index (χ4n) is 2.64. The average molecular weight is 478 g/mol. The third-order valence-electron chi connectivity index (χ3n) is 4.23. The van der Waals surface area contributed by atoms with Crippen LogP contribution in [0.2, 0.25) is 0 Å². The number of hydrogen-bond acceptors (Lipinski definition) is 5. The van der Waals surface area contributed by atoms with Gasteiger partial charge in [0.1, 0.15) is 24.0 Å². The Morgan fingerprint density at radius 2 is 1.77 bits per heavy atom. The third kappa shape index (κ3) is 6.01. The highest BCUT2D eigenvalue weighted by atomic mass is 79.9. The number of nitriles is 1. The highest BCUT2D eigenvalue weighted by Gasteiger charge is 2.12. The maximum atomic E-state index is 12.5. The van der Waals surface area contributed by atoms with Crippen molar-refractivity contribution in [2.24, 2.45) is 0 Å². The van der Waals surface area contributed by atoms with Gasteiger partial charge in [-0.3, -0.25) is 14.9 Å². The molecular formula is C23H16BrN3O4. The van der Waals surface area contributed by atoms with Gasteiger partial charge in [-0.25, -0.2) is 0 Å². The molecule has 154 valence electrons. The predicted octanol–water partition coefficient (Wildman–Crippen LogP) is 5.48. The predicted molar refractivity (Wildman–Crippen MR) is 120 cm³/mol. The summed E-state index contributed by atoms with van der Waals surface area (Å²) in [6.07, 6.45) is 1.44. The zero-order chi connectivity index (χ0) is 22.2. The number of anilines is 1. The van der Waals surface area contributed by atoms with Gasteiger partial charge >= 0.3 is 0 Å². The number of hydrogen-bond donors (Lipinski definition) is 1. The first-order valence-electron chi connectivity index (χ1n) is 9.10. The molecule has 0 bridgehead atoms. The van der Waals surface area contributed by atoms with Crippen molar-refractivity contribution in [2.75, 3.05) is 5.32 Å². The first-order valence-corrected chi connectivity index (χ1v) is 9.89. The monoisotopic (exact) mass is 477 g/mol. The molecule has 0 unspecified atom stereocenters. The molecule has 0 aliphatic carbocycles. The number of nitro groups is 1. The van der Waals surface area contributed by atoms with Gasteiger partial charge in [0.2, 0.25) is 0 Å². The molecule has 0 fully saturated rings. The maximum Gasteiger partial charge on any atom is 0.269 e. The molecule has 0 aromatic heterocycles. The lowest BCUT2D eigenvalue weighted by molar-refractivity contribution is -0.384. The minimum absolute atomic E-state index is 0.0918. The molecular weight excluding hydrogens is 462 g/mol. The third-order valence-corrected chi connectivity index (χ3v) is 4.76. The molecule has 3 rings (SSSR count). The number of nitro benzene ring substituents is 1. The lowest BCUT2D eigenvalue weighted by Crippen LogP contribution is -2.13. The molecule has 0 atom stereocenters. The summed E-state index contributed by atoms with van der Waals surface area (Å²) in [5.74, 6) is -0.0969. The number of nitrogens with zero attached hydrogens (tertiary/aromatic N) is 2. The number of benzene rings is 3. The number of nitrogens with one attached hydrogen (secondary N) is 1. The van der Waals surface area contributed by atoms with E-state index >= 15 is 0 Å². The Balaban J connectivity index is 1.75. The van der Waals surface area contributed by atoms with Gasteiger partial charge in [-0.05, 0) is 42.0 Å². The Bertz CT molecular complexity index is 1170. The van der Waals surface area contributed by atoms with E-state index in [1.165, 1.54) is 30.3 Å². The standard InChI is InChI=1S/C23H16BrN3O4/c24-19-7-5-16(6-8-19)15-31-22-4-2-1-3-17(22)13-18(14-25)23(28)26-20-9-11-21(12-10-20)27(29)30/h1-13H,15H2,(H,26,28). The van der Waals surface area contributed by atoms with Crippen molar-refractivity contribution in [2.45, 2.75) is 6.61 Å². The van der Waals surface area contributed by atoms with Crippen LogP contribution in [0.4, 0.5) is 11.4 Å². The Kier molecular flexibility index (Phi) is 7.14. The largest absolute Gasteiger partial charge is 0.488 e. The highest BCUT2D eigenvalue weighted by molar-refractivity contribution is 9.10. The van der Waals surface area contributed by atoms with Gasteiger partial charge in [0.05, 0.1) is 4.92 Å². The number of halogens is 1. The fourth-order valence-corrected chi connectivity index (χ4v) is 2.91. The smallest absolute Gasteiger partial charge is 0.269 e. The van der Waals surface area contributed by atoms with Crippen LogP contribution in [0.5, 0.6) is 5.75 Å². The molecule has 3 aromatic rings. The molecule has 31 heavy (non-hydrogen) atoms. The summed E-state index contributed by atoms with van der Waals surface area (Å²) in [7, 11) is 0. The molecule has 0 saturated heterocycles. The van der Waals surface area contributed by atoms with E-state index in [9.17, 15) is 20.2 Å². The average Bonchev–Trinajstić information content (AvgIpc) is 2.78. The van der Waals surface area contributed by atoms with Crippen molar-refractivity contribution in [3.05, 3.63) is 104 Å². The number of para-hydroxylation sites is 1. The number of ether oxygens (including phenoxy) is 1. The molecule has 3 aromatic carbocycles. The van der Waals surface area contributed by atoms with Crippen LogP contribution < -0.4 is 10.1 Å². The second-order valence-electron chi connectivity index (χ2n) is 6.38. The van der Waals surface area contributed by atoms with Crippen LogP contribution in [-0.2, 0) is 11.4 Å². The SMILES string of the molecule is N#CC(=Cc1ccccc1OCc1ccc(Br)cc1)C(=O)Nc1ccc([N+](=O)[O-])cc1. The Labute approximate surface area is 186 Å². The van der Waals surface area contributed by atoms with Gasteiger partial charge in [-0.1, -0.05) is 46.3 Å². The number of non-ortho nitro benzene ring substituents is 1. The van der Waals surface area contributed by atoms with E-state index < -0.39 is 10.8 Å². The van der Waals surface area contributed by atoms with E-state index in [1.54, 1.807) is 24.3 Å². The van der Waals surface area contributed by atoms with Crippen molar-refractivity contribution in [3.8, 4) is 11.8 Å². The Morgan fingerprint density at radius 1 is 1.10 bits per heavy atom. The van der Waals surface area contributed by atoms with E-state index in [1.807, 2.05) is 30.3 Å². The number of amides is 1. The van der Waals surface area contributed by atoms with Gasteiger partial charge in [0.25, 0.3) is 11.6 Å². The van der Waals surface area contributed by atoms with Crippen LogP contribution >= 0.6 is 15.9 Å². The van der Waals surface area contributed by atoms with Crippen LogP contribution in [0.3, 0.4) is 0 Å². The minimum Gasteiger partial charge on any atom is -0.488 e. The van der Waals surface area contributed by atoms with E-state index in [-0.39, 0.29) is 11.3 Å². The first-order chi connectivity index (χ1) is 15.0. The van der Waals surface area contributed by atoms with Crippen molar-refractivity contribution in [3.63, 3.8) is 0 Å². The van der Waals surface area contributed by atoms with Crippen molar-refractivity contribution < 1.29 is 14.5 Å². The Hall–Kier alpha value is -3.96.